The predicted molar refractivity (Wildman–Crippen MR) is 86.6 cm³/mol. The van der Waals surface area contributed by atoms with Gasteiger partial charge in [-0.25, -0.2) is 4.98 Å². The molecule has 0 aliphatic carbocycles. The molecule has 0 spiro atoms. The minimum absolute atomic E-state index is 0.00893. The van der Waals surface area contributed by atoms with Gasteiger partial charge in [0.1, 0.15) is 16.5 Å². The maximum absolute atomic E-state index is 11.9. The van der Waals surface area contributed by atoms with Crippen LogP contribution in [0, 0.1) is 6.92 Å². The van der Waals surface area contributed by atoms with E-state index in [1.807, 2.05) is 30.5 Å². The Hall–Kier alpha value is -2.08. The summed E-state index contributed by atoms with van der Waals surface area (Å²) < 4.78 is 10.4. The molecule has 0 aliphatic rings. The molecule has 0 unspecified atom stereocenters. The molecule has 0 radical (unpaired) electrons. The van der Waals surface area contributed by atoms with Crippen LogP contribution in [0.4, 0.5) is 0 Å². The molecule has 1 amide bonds. The molecular weight excluding hydrogens is 300 g/mol. The van der Waals surface area contributed by atoms with Crippen molar-refractivity contribution >= 4 is 17.2 Å². The van der Waals surface area contributed by atoms with Gasteiger partial charge in [0.2, 0.25) is 5.91 Å². The number of aromatic nitrogens is 1. The SMILES string of the molecule is COc1cc(CCC(=O)NCc2nc(C)cs2)cc(OC)c1. The number of amides is 1. The van der Waals surface area contributed by atoms with E-state index in [-0.39, 0.29) is 5.91 Å². The molecule has 0 bridgehead atoms. The van der Waals surface area contributed by atoms with E-state index in [2.05, 4.69) is 10.3 Å². The smallest absolute Gasteiger partial charge is 0.220 e. The van der Waals surface area contributed by atoms with Crippen molar-refractivity contribution in [3.63, 3.8) is 0 Å². The molecule has 0 fully saturated rings. The van der Waals surface area contributed by atoms with E-state index in [4.69, 9.17) is 9.47 Å². The quantitative estimate of drug-likeness (QED) is 0.852. The summed E-state index contributed by atoms with van der Waals surface area (Å²) in [4.78, 5) is 16.2. The van der Waals surface area contributed by atoms with Gasteiger partial charge in [0.25, 0.3) is 0 Å². The van der Waals surface area contributed by atoms with E-state index < -0.39 is 0 Å². The Balaban J connectivity index is 1.85. The van der Waals surface area contributed by atoms with Crippen molar-refractivity contribution in [2.24, 2.45) is 0 Å². The van der Waals surface area contributed by atoms with Crippen LogP contribution in [0.1, 0.15) is 22.7 Å². The number of nitrogens with one attached hydrogen (secondary N) is 1. The lowest BCUT2D eigenvalue weighted by Gasteiger charge is -2.08. The molecular formula is C16H20N2O3S. The van der Waals surface area contributed by atoms with E-state index in [0.29, 0.717) is 19.4 Å². The van der Waals surface area contributed by atoms with Crippen molar-refractivity contribution in [3.05, 3.63) is 39.8 Å². The number of benzene rings is 1. The van der Waals surface area contributed by atoms with E-state index in [1.54, 1.807) is 25.6 Å². The Morgan fingerprint density at radius 3 is 2.45 bits per heavy atom. The highest BCUT2D eigenvalue weighted by Gasteiger charge is 2.07. The lowest BCUT2D eigenvalue weighted by molar-refractivity contribution is -0.121. The van der Waals surface area contributed by atoms with Crippen LogP contribution in [0.3, 0.4) is 0 Å². The van der Waals surface area contributed by atoms with Gasteiger partial charge in [-0.15, -0.1) is 11.3 Å². The Bertz CT molecular complexity index is 618. The second-order valence-corrected chi connectivity index (χ2v) is 5.82. The third-order valence-electron chi connectivity index (χ3n) is 3.16. The molecule has 2 aromatic rings. The first kappa shape index (κ1) is 16.3. The highest BCUT2D eigenvalue weighted by atomic mass is 32.1. The van der Waals surface area contributed by atoms with Crippen LogP contribution in [0.5, 0.6) is 11.5 Å². The molecule has 1 aromatic heterocycles. The molecule has 1 aromatic carbocycles. The number of rotatable bonds is 7. The zero-order valence-corrected chi connectivity index (χ0v) is 13.8. The molecule has 0 atom stereocenters. The lowest BCUT2D eigenvalue weighted by Crippen LogP contribution is -2.22. The van der Waals surface area contributed by atoms with Crippen LogP contribution in [0.15, 0.2) is 23.6 Å². The largest absolute Gasteiger partial charge is 0.497 e. The minimum atomic E-state index is 0.00893. The van der Waals surface area contributed by atoms with Crippen molar-refractivity contribution in [1.82, 2.24) is 10.3 Å². The zero-order valence-electron chi connectivity index (χ0n) is 13.0. The van der Waals surface area contributed by atoms with Crippen LogP contribution in [0.2, 0.25) is 0 Å². The molecule has 1 heterocycles. The number of methoxy groups -OCH3 is 2. The van der Waals surface area contributed by atoms with Crippen molar-refractivity contribution < 1.29 is 14.3 Å². The number of hydrogen-bond acceptors (Lipinski definition) is 5. The van der Waals surface area contributed by atoms with Crippen LogP contribution < -0.4 is 14.8 Å². The number of nitrogens with zero attached hydrogens (tertiary/aromatic N) is 1. The van der Waals surface area contributed by atoms with Crippen molar-refractivity contribution in [2.75, 3.05) is 14.2 Å². The van der Waals surface area contributed by atoms with Crippen LogP contribution in [0.25, 0.3) is 0 Å². The number of carbonyl (C=O) groups is 1. The Morgan fingerprint density at radius 1 is 1.23 bits per heavy atom. The Kier molecular flexibility index (Phi) is 5.77. The second-order valence-electron chi connectivity index (χ2n) is 4.88. The van der Waals surface area contributed by atoms with Crippen molar-refractivity contribution in [2.45, 2.75) is 26.3 Å². The minimum Gasteiger partial charge on any atom is -0.497 e. The average molecular weight is 320 g/mol. The summed E-state index contributed by atoms with van der Waals surface area (Å²) >= 11 is 1.56. The van der Waals surface area contributed by atoms with Gasteiger partial charge in [-0.2, -0.15) is 0 Å². The fourth-order valence-corrected chi connectivity index (χ4v) is 2.73. The topological polar surface area (TPSA) is 60.5 Å². The van der Waals surface area contributed by atoms with Gasteiger partial charge < -0.3 is 14.8 Å². The first-order chi connectivity index (χ1) is 10.6. The maximum atomic E-state index is 11.9. The summed E-state index contributed by atoms with van der Waals surface area (Å²) in [6.45, 7) is 2.43. The number of aryl methyl sites for hydroxylation is 2. The summed E-state index contributed by atoms with van der Waals surface area (Å²) in [7, 11) is 3.22. The number of hydrogen-bond donors (Lipinski definition) is 1. The summed E-state index contributed by atoms with van der Waals surface area (Å²) in [6, 6.07) is 5.65. The molecule has 22 heavy (non-hydrogen) atoms. The van der Waals surface area contributed by atoms with Crippen molar-refractivity contribution in [1.29, 1.82) is 0 Å². The van der Waals surface area contributed by atoms with E-state index in [9.17, 15) is 4.79 Å². The van der Waals surface area contributed by atoms with Gasteiger partial charge in [-0.05, 0) is 31.0 Å². The van der Waals surface area contributed by atoms with Crippen molar-refractivity contribution in [3.8, 4) is 11.5 Å². The molecule has 0 saturated carbocycles. The second kappa shape index (κ2) is 7.79. The maximum Gasteiger partial charge on any atom is 0.220 e. The van der Waals surface area contributed by atoms with E-state index in [0.717, 1.165) is 27.8 Å². The molecule has 0 saturated heterocycles. The fraction of sp³-hybridized carbons (Fsp3) is 0.375. The Morgan fingerprint density at radius 2 is 1.91 bits per heavy atom. The van der Waals surface area contributed by atoms with Gasteiger partial charge in [-0.1, -0.05) is 0 Å². The molecule has 1 N–H and O–H groups in total. The van der Waals surface area contributed by atoms with Crippen LogP contribution >= 0.6 is 11.3 Å². The third kappa shape index (κ3) is 4.73. The monoisotopic (exact) mass is 320 g/mol. The van der Waals surface area contributed by atoms with E-state index in [1.165, 1.54) is 0 Å². The molecule has 2 rings (SSSR count). The highest BCUT2D eigenvalue weighted by molar-refractivity contribution is 7.09. The third-order valence-corrected chi connectivity index (χ3v) is 4.12. The zero-order chi connectivity index (χ0) is 15.9. The first-order valence-corrected chi connectivity index (χ1v) is 7.88. The summed E-state index contributed by atoms with van der Waals surface area (Å²) in [6.07, 6.45) is 1.05. The van der Waals surface area contributed by atoms with Gasteiger partial charge in [0.15, 0.2) is 0 Å². The number of carbonyl (C=O) groups excluding carboxylic acids is 1. The lowest BCUT2D eigenvalue weighted by atomic mass is 10.1. The van der Waals surface area contributed by atoms with E-state index >= 15 is 0 Å². The number of ether oxygens (including phenoxy) is 2. The fourth-order valence-electron chi connectivity index (χ4n) is 2.02. The number of thiazole rings is 1. The van der Waals surface area contributed by atoms with Gasteiger partial charge >= 0.3 is 0 Å². The van der Waals surface area contributed by atoms with Gasteiger partial charge in [0.05, 0.1) is 20.8 Å². The summed E-state index contributed by atoms with van der Waals surface area (Å²) in [5.74, 6) is 1.47. The van der Waals surface area contributed by atoms with Crippen LogP contribution in [-0.4, -0.2) is 25.1 Å². The molecule has 6 heteroatoms. The van der Waals surface area contributed by atoms with Gasteiger partial charge in [0, 0.05) is 23.6 Å². The molecule has 118 valence electrons. The standard InChI is InChI=1S/C16H20N2O3S/c1-11-10-22-16(18-11)9-17-15(19)5-4-12-6-13(20-2)8-14(7-12)21-3/h6-8,10H,4-5,9H2,1-3H3,(H,17,19). The Labute approximate surface area is 134 Å². The predicted octanol–water partition coefficient (Wildman–Crippen LogP) is 2.72. The van der Waals surface area contributed by atoms with Crippen LogP contribution in [-0.2, 0) is 17.8 Å². The average Bonchev–Trinajstić information content (AvgIpc) is 2.96. The summed E-state index contributed by atoms with van der Waals surface area (Å²) in [5.41, 5.74) is 1.99. The highest BCUT2D eigenvalue weighted by Crippen LogP contribution is 2.23. The molecule has 5 nitrogen and oxygen atoms in total. The normalized spacial score (nSPS) is 10.3. The summed E-state index contributed by atoms with van der Waals surface area (Å²) in [5, 5.41) is 5.79. The molecule has 0 aliphatic heterocycles. The first-order valence-electron chi connectivity index (χ1n) is 7.00. The van der Waals surface area contributed by atoms with Gasteiger partial charge in [-0.3, -0.25) is 4.79 Å².